The van der Waals surface area contributed by atoms with Gasteiger partial charge in [0.05, 0.1) is 21.9 Å². The van der Waals surface area contributed by atoms with Gasteiger partial charge >= 0.3 is 0 Å². The fourth-order valence-electron chi connectivity index (χ4n) is 3.08. The highest BCUT2D eigenvalue weighted by atomic mass is 32.2. The van der Waals surface area contributed by atoms with Crippen molar-refractivity contribution in [3.8, 4) is 11.4 Å². The van der Waals surface area contributed by atoms with E-state index in [1.54, 1.807) is 60.7 Å². The van der Waals surface area contributed by atoms with Crippen LogP contribution in [0, 0.1) is 5.82 Å². The number of aromatic amines is 1. The minimum Gasteiger partial charge on any atom is -0.325 e. The van der Waals surface area contributed by atoms with Gasteiger partial charge in [-0.05, 0) is 42.5 Å². The van der Waals surface area contributed by atoms with Crippen LogP contribution in [0.25, 0.3) is 11.4 Å². The number of rotatable bonds is 8. The van der Waals surface area contributed by atoms with Crippen LogP contribution >= 0.6 is 11.8 Å². The average Bonchev–Trinajstić information content (AvgIpc) is 3.32. The SMILES string of the molecule is CN(c1ccccc1)S(=O)(=O)c1cccc(NC(=O)CSc2n[nH]c(-c3ccccc3F)n2)c1. The van der Waals surface area contributed by atoms with Crippen molar-refractivity contribution < 1.29 is 17.6 Å². The topological polar surface area (TPSA) is 108 Å². The number of anilines is 2. The highest BCUT2D eigenvalue weighted by Gasteiger charge is 2.21. The number of hydrogen-bond donors (Lipinski definition) is 2. The lowest BCUT2D eigenvalue weighted by atomic mass is 10.2. The van der Waals surface area contributed by atoms with Crippen molar-refractivity contribution in [3.63, 3.8) is 0 Å². The normalized spacial score (nSPS) is 11.2. The molecule has 8 nitrogen and oxygen atoms in total. The second-order valence-electron chi connectivity index (χ2n) is 7.12. The predicted octanol–water partition coefficient (Wildman–Crippen LogP) is 4.17. The van der Waals surface area contributed by atoms with Gasteiger partial charge in [-0.1, -0.05) is 48.2 Å². The van der Waals surface area contributed by atoms with E-state index >= 15 is 0 Å². The van der Waals surface area contributed by atoms with Crippen molar-refractivity contribution in [2.24, 2.45) is 0 Å². The highest BCUT2D eigenvalue weighted by Crippen LogP contribution is 2.25. The van der Waals surface area contributed by atoms with Crippen molar-refractivity contribution in [1.82, 2.24) is 15.2 Å². The minimum absolute atomic E-state index is 0.0184. The van der Waals surface area contributed by atoms with Crippen molar-refractivity contribution in [2.75, 3.05) is 22.4 Å². The predicted molar refractivity (Wildman–Crippen MR) is 130 cm³/mol. The van der Waals surface area contributed by atoms with E-state index in [1.807, 2.05) is 0 Å². The number of nitrogens with zero attached hydrogens (tertiary/aromatic N) is 3. The van der Waals surface area contributed by atoms with Crippen LogP contribution in [-0.2, 0) is 14.8 Å². The number of aromatic nitrogens is 3. The maximum absolute atomic E-state index is 13.9. The Labute approximate surface area is 200 Å². The number of benzene rings is 3. The third-order valence-corrected chi connectivity index (χ3v) is 7.45. The molecule has 1 amide bonds. The molecule has 174 valence electrons. The van der Waals surface area contributed by atoms with Gasteiger partial charge in [0, 0.05) is 12.7 Å². The summed E-state index contributed by atoms with van der Waals surface area (Å²) in [5.41, 5.74) is 1.15. The van der Waals surface area contributed by atoms with Gasteiger partial charge in [-0.25, -0.2) is 17.8 Å². The van der Waals surface area contributed by atoms with Crippen LogP contribution in [0.15, 0.2) is 88.9 Å². The van der Waals surface area contributed by atoms with Crippen LogP contribution in [0.4, 0.5) is 15.8 Å². The highest BCUT2D eigenvalue weighted by molar-refractivity contribution is 7.99. The largest absolute Gasteiger partial charge is 0.325 e. The quantitative estimate of drug-likeness (QED) is 0.354. The molecule has 1 aromatic heterocycles. The van der Waals surface area contributed by atoms with Gasteiger partial charge in [0.2, 0.25) is 11.1 Å². The number of nitrogens with one attached hydrogen (secondary N) is 2. The standard InChI is InChI=1S/C23H20FN5O3S2/c1-29(17-9-3-2-4-10-17)34(31,32)18-11-7-8-16(14-18)25-21(30)15-33-23-26-22(27-28-23)19-12-5-6-13-20(19)24/h2-14H,15H2,1H3,(H,25,30)(H,26,27,28). The molecular weight excluding hydrogens is 477 g/mol. The number of carbonyl (C=O) groups excluding carboxylic acids is 1. The Hall–Kier alpha value is -3.70. The number of hydrogen-bond acceptors (Lipinski definition) is 6. The van der Waals surface area contributed by atoms with Gasteiger partial charge in [-0.15, -0.1) is 5.10 Å². The first-order valence-electron chi connectivity index (χ1n) is 10.1. The third-order valence-electron chi connectivity index (χ3n) is 4.82. The lowest BCUT2D eigenvalue weighted by Crippen LogP contribution is -2.26. The van der Waals surface area contributed by atoms with Crippen molar-refractivity contribution in [1.29, 1.82) is 0 Å². The summed E-state index contributed by atoms with van der Waals surface area (Å²) in [6, 6.07) is 20.9. The van der Waals surface area contributed by atoms with Gasteiger partial charge in [0.1, 0.15) is 5.82 Å². The Morgan fingerprint density at radius 3 is 2.56 bits per heavy atom. The van der Waals surface area contributed by atoms with E-state index in [2.05, 4.69) is 20.5 Å². The summed E-state index contributed by atoms with van der Waals surface area (Å²) in [6.07, 6.45) is 0. The monoisotopic (exact) mass is 497 g/mol. The molecule has 1 heterocycles. The smallest absolute Gasteiger partial charge is 0.264 e. The van der Waals surface area contributed by atoms with Crippen LogP contribution < -0.4 is 9.62 Å². The summed E-state index contributed by atoms with van der Waals surface area (Å²) in [7, 11) is -2.34. The van der Waals surface area contributed by atoms with Gasteiger partial charge < -0.3 is 5.32 Å². The zero-order chi connectivity index (χ0) is 24.1. The summed E-state index contributed by atoms with van der Waals surface area (Å²) in [5.74, 6) is -0.550. The first-order valence-corrected chi connectivity index (χ1v) is 12.5. The molecule has 11 heteroatoms. The lowest BCUT2D eigenvalue weighted by Gasteiger charge is -2.19. The molecule has 0 radical (unpaired) electrons. The second-order valence-corrected chi connectivity index (χ2v) is 10.0. The van der Waals surface area contributed by atoms with Crippen LogP contribution in [0.3, 0.4) is 0 Å². The van der Waals surface area contributed by atoms with E-state index in [4.69, 9.17) is 0 Å². The summed E-state index contributed by atoms with van der Waals surface area (Å²) in [6.45, 7) is 0. The Bertz CT molecular complexity index is 1410. The van der Waals surface area contributed by atoms with Gasteiger partial charge in [-0.3, -0.25) is 14.2 Å². The minimum atomic E-state index is -3.81. The Morgan fingerprint density at radius 1 is 1.06 bits per heavy atom. The van der Waals surface area contributed by atoms with Crippen LogP contribution in [0.5, 0.6) is 0 Å². The van der Waals surface area contributed by atoms with Crippen molar-refractivity contribution in [3.05, 3.63) is 84.7 Å². The molecule has 0 aliphatic rings. The van der Waals surface area contributed by atoms with Crippen molar-refractivity contribution >= 4 is 39.1 Å². The maximum atomic E-state index is 13.9. The summed E-state index contributed by atoms with van der Waals surface area (Å²) < 4.78 is 41.1. The van der Waals surface area contributed by atoms with E-state index in [0.29, 0.717) is 11.4 Å². The molecule has 0 bridgehead atoms. The Kier molecular flexibility index (Phi) is 6.94. The lowest BCUT2D eigenvalue weighted by molar-refractivity contribution is -0.113. The number of thioether (sulfide) groups is 1. The van der Waals surface area contributed by atoms with E-state index in [-0.39, 0.29) is 33.1 Å². The van der Waals surface area contributed by atoms with Gasteiger partial charge in [0.15, 0.2) is 5.82 Å². The van der Waals surface area contributed by atoms with Gasteiger partial charge in [0.25, 0.3) is 10.0 Å². The third kappa shape index (κ3) is 5.26. The van der Waals surface area contributed by atoms with E-state index in [9.17, 15) is 17.6 Å². The molecule has 2 N–H and O–H groups in total. The Morgan fingerprint density at radius 2 is 1.79 bits per heavy atom. The van der Waals surface area contributed by atoms with Crippen LogP contribution in [0.1, 0.15) is 0 Å². The zero-order valence-electron chi connectivity index (χ0n) is 18.0. The molecule has 34 heavy (non-hydrogen) atoms. The molecule has 0 aliphatic heterocycles. The van der Waals surface area contributed by atoms with Gasteiger partial charge in [-0.2, -0.15) is 0 Å². The fraction of sp³-hybridized carbons (Fsp3) is 0.0870. The molecule has 0 spiro atoms. The zero-order valence-corrected chi connectivity index (χ0v) is 19.6. The second kappa shape index (κ2) is 10.1. The molecule has 0 saturated carbocycles. The van der Waals surface area contributed by atoms with Crippen LogP contribution in [-0.4, -0.2) is 42.3 Å². The number of halogens is 1. The summed E-state index contributed by atoms with van der Waals surface area (Å²) in [5, 5.41) is 9.63. The molecule has 4 rings (SSSR count). The van der Waals surface area contributed by atoms with Crippen LogP contribution in [0.2, 0.25) is 0 Å². The fourth-order valence-corrected chi connectivity index (χ4v) is 4.92. The Balaban J connectivity index is 1.40. The van der Waals surface area contributed by atoms with E-state index in [0.717, 1.165) is 11.8 Å². The molecule has 4 aromatic rings. The first-order chi connectivity index (χ1) is 16.3. The van der Waals surface area contributed by atoms with Crippen molar-refractivity contribution in [2.45, 2.75) is 10.1 Å². The maximum Gasteiger partial charge on any atom is 0.264 e. The summed E-state index contributed by atoms with van der Waals surface area (Å²) >= 11 is 1.07. The number of para-hydroxylation sites is 1. The summed E-state index contributed by atoms with van der Waals surface area (Å²) in [4.78, 5) is 16.7. The number of carbonyl (C=O) groups is 1. The van der Waals surface area contributed by atoms with E-state index in [1.165, 1.54) is 29.6 Å². The number of sulfonamides is 1. The molecule has 0 aliphatic carbocycles. The molecule has 0 saturated heterocycles. The molecular formula is C23H20FN5O3S2. The van der Waals surface area contributed by atoms with E-state index < -0.39 is 15.8 Å². The number of H-pyrrole nitrogens is 1. The molecule has 3 aromatic carbocycles. The number of amides is 1. The molecule has 0 fully saturated rings. The molecule has 0 unspecified atom stereocenters. The molecule has 0 atom stereocenters. The average molecular weight is 498 g/mol. The first kappa shape index (κ1) is 23.5.